The van der Waals surface area contributed by atoms with E-state index in [2.05, 4.69) is 10.2 Å². The zero-order valence-electron chi connectivity index (χ0n) is 4.00. The molecule has 1 aromatic rings. The lowest BCUT2D eigenvalue weighted by Crippen LogP contribution is -1.94. The van der Waals surface area contributed by atoms with Crippen molar-refractivity contribution in [1.82, 2.24) is 14.8 Å². The average molecular weight is 98.1 g/mol. The molecule has 0 amide bonds. The van der Waals surface area contributed by atoms with Gasteiger partial charge in [0, 0.05) is 7.05 Å². The zero-order chi connectivity index (χ0) is 5.28. The van der Waals surface area contributed by atoms with Crippen molar-refractivity contribution in [2.24, 2.45) is 7.05 Å². The number of nitrogens with two attached hydrogens (primary N) is 1. The molecule has 0 saturated carbocycles. The minimum absolute atomic E-state index is 0.444. The van der Waals surface area contributed by atoms with E-state index in [-0.39, 0.29) is 0 Å². The van der Waals surface area contributed by atoms with Gasteiger partial charge in [-0.05, 0) is 0 Å². The van der Waals surface area contributed by atoms with Crippen LogP contribution in [0.2, 0.25) is 0 Å². The number of aryl methyl sites for hydroxylation is 1. The lowest BCUT2D eigenvalue weighted by atomic mass is 11.0. The van der Waals surface area contributed by atoms with Gasteiger partial charge in [-0.15, -0.1) is 10.2 Å². The summed E-state index contributed by atoms with van der Waals surface area (Å²) < 4.78 is 1.64. The van der Waals surface area contributed by atoms with Crippen LogP contribution in [-0.4, -0.2) is 14.8 Å². The van der Waals surface area contributed by atoms with E-state index < -0.39 is 0 Å². The molecule has 0 bridgehead atoms. The van der Waals surface area contributed by atoms with Gasteiger partial charge in [-0.1, -0.05) is 0 Å². The molecule has 7 heavy (non-hydrogen) atoms. The molecule has 38 valence electrons. The van der Waals surface area contributed by atoms with Crippen molar-refractivity contribution < 1.29 is 0 Å². The molecule has 0 aliphatic rings. The highest BCUT2D eigenvalue weighted by atomic mass is 15.3. The summed E-state index contributed by atoms with van der Waals surface area (Å²) in [4.78, 5) is 0. The van der Waals surface area contributed by atoms with Crippen molar-refractivity contribution in [3.05, 3.63) is 6.33 Å². The molecule has 1 heterocycles. The van der Waals surface area contributed by atoms with E-state index in [9.17, 15) is 0 Å². The number of nitrogen functional groups attached to an aromatic ring is 1. The SMILES string of the molecule is Cn1cnnc1N. The van der Waals surface area contributed by atoms with Crippen LogP contribution in [0.4, 0.5) is 5.95 Å². The first-order valence-electron chi connectivity index (χ1n) is 1.90. The summed E-state index contributed by atoms with van der Waals surface area (Å²) in [7, 11) is 1.79. The Morgan fingerprint density at radius 2 is 2.57 bits per heavy atom. The van der Waals surface area contributed by atoms with Gasteiger partial charge in [0.05, 0.1) is 0 Å². The van der Waals surface area contributed by atoms with Gasteiger partial charge in [0.25, 0.3) is 0 Å². The molecule has 0 aliphatic carbocycles. The smallest absolute Gasteiger partial charge is 0.221 e. The molecule has 0 spiro atoms. The Morgan fingerprint density at radius 1 is 1.86 bits per heavy atom. The van der Waals surface area contributed by atoms with Gasteiger partial charge in [0.2, 0.25) is 5.95 Å². The third kappa shape index (κ3) is 0.534. The lowest BCUT2D eigenvalue weighted by molar-refractivity contribution is 0.924. The molecule has 2 N–H and O–H groups in total. The average Bonchev–Trinajstić information content (AvgIpc) is 1.91. The molecule has 1 rings (SSSR count). The Balaban J connectivity index is 3.12. The Bertz CT molecular complexity index is 139. The van der Waals surface area contributed by atoms with Gasteiger partial charge in [0.15, 0.2) is 0 Å². The standard InChI is InChI=1S/C3H6N4/c1-7-2-5-6-3(7)4/h2H,1H3,(H2,4,6). The second-order valence-corrected chi connectivity index (χ2v) is 1.30. The zero-order valence-corrected chi connectivity index (χ0v) is 4.00. The van der Waals surface area contributed by atoms with Gasteiger partial charge in [0.1, 0.15) is 6.33 Å². The predicted octanol–water partition coefficient (Wildman–Crippen LogP) is -0.603. The predicted molar refractivity (Wildman–Crippen MR) is 25.4 cm³/mol. The maximum atomic E-state index is 5.23. The first-order valence-corrected chi connectivity index (χ1v) is 1.90. The van der Waals surface area contributed by atoms with Crippen LogP contribution in [0, 0.1) is 0 Å². The second-order valence-electron chi connectivity index (χ2n) is 1.30. The van der Waals surface area contributed by atoms with Crippen molar-refractivity contribution >= 4 is 5.95 Å². The number of aromatic nitrogens is 3. The quantitative estimate of drug-likeness (QED) is 0.471. The van der Waals surface area contributed by atoms with Crippen LogP contribution in [-0.2, 0) is 7.05 Å². The molecule has 0 atom stereocenters. The molecule has 0 unspecified atom stereocenters. The molecule has 0 aromatic carbocycles. The largest absolute Gasteiger partial charge is 0.368 e. The summed E-state index contributed by atoms with van der Waals surface area (Å²) in [5, 5.41) is 7.02. The molecule has 0 radical (unpaired) electrons. The molecule has 4 nitrogen and oxygen atoms in total. The highest BCUT2D eigenvalue weighted by Crippen LogP contribution is 1.86. The normalized spacial score (nSPS) is 9.29. The number of rotatable bonds is 0. The Labute approximate surface area is 41.0 Å². The van der Waals surface area contributed by atoms with E-state index in [4.69, 9.17) is 5.73 Å². The second kappa shape index (κ2) is 1.22. The van der Waals surface area contributed by atoms with E-state index in [1.807, 2.05) is 0 Å². The minimum Gasteiger partial charge on any atom is -0.368 e. The summed E-state index contributed by atoms with van der Waals surface area (Å²) in [6.07, 6.45) is 1.55. The van der Waals surface area contributed by atoms with Crippen LogP contribution in [0.3, 0.4) is 0 Å². The molecule has 0 fully saturated rings. The summed E-state index contributed by atoms with van der Waals surface area (Å²) in [5.41, 5.74) is 5.23. The van der Waals surface area contributed by atoms with Crippen molar-refractivity contribution in [2.75, 3.05) is 5.73 Å². The maximum absolute atomic E-state index is 5.23. The van der Waals surface area contributed by atoms with Crippen LogP contribution in [0.25, 0.3) is 0 Å². The van der Waals surface area contributed by atoms with Gasteiger partial charge in [-0.25, -0.2) is 0 Å². The highest BCUT2D eigenvalue weighted by molar-refractivity contribution is 5.11. The van der Waals surface area contributed by atoms with Gasteiger partial charge in [-0.3, -0.25) is 0 Å². The van der Waals surface area contributed by atoms with Crippen molar-refractivity contribution in [2.45, 2.75) is 0 Å². The molecular formula is C3H6N4. The summed E-state index contributed by atoms with van der Waals surface area (Å²) in [6, 6.07) is 0. The minimum atomic E-state index is 0.444. The fraction of sp³-hybridized carbons (Fsp3) is 0.333. The maximum Gasteiger partial charge on any atom is 0.221 e. The van der Waals surface area contributed by atoms with Crippen molar-refractivity contribution in [3.8, 4) is 0 Å². The number of hydrogen-bond acceptors (Lipinski definition) is 3. The number of hydrogen-bond donors (Lipinski definition) is 1. The van der Waals surface area contributed by atoms with Gasteiger partial charge < -0.3 is 10.3 Å². The van der Waals surface area contributed by atoms with Crippen molar-refractivity contribution in [1.29, 1.82) is 0 Å². The first-order chi connectivity index (χ1) is 3.30. The number of anilines is 1. The van der Waals surface area contributed by atoms with Crippen LogP contribution in [0.15, 0.2) is 6.33 Å². The Hall–Kier alpha value is -1.06. The fourth-order valence-electron chi connectivity index (χ4n) is 0.292. The fourth-order valence-corrected chi connectivity index (χ4v) is 0.292. The highest BCUT2D eigenvalue weighted by Gasteiger charge is 1.86. The summed E-state index contributed by atoms with van der Waals surface area (Å²) in [5.74, 6) is 0.444. The summed E-state index contributed by atoms with van der Waals surface area (Å²) >= 11 is 0. The monoisotopic (exact) mass is 98.1 g/mol. The topological polar surface area (TPSA) is 56.7 Å². The molecule has 1 aromatic heterocycles. The molecule has 0 saturated heterocycles. The molecule has 0 aliphatic heterocycles. The van der Waals surface area contributed by atoms with Gasteiger partial charge >= 0.3 is 0 Å². The van der Waals surface area contributed by atoms with Crippen LogP contribution >= 0.6 is 0 Å². The number of nitrogens with zero attached hydrogens (tertiary/aromatic N) is 3. The lowest BCUT2D eigenvalue weighted by Gasteiger charge is -1.84. The first kappa shape index (κ1) is 4.11. The molecule has 4 heteroatoms. The molecular weight excluding hydrogens is 92.1 g/mol. The van der Waals surface area contributed by atoms with E-state index in [1.54, 1.807) is 17.9 Å². The van der Waals surface area contributed by atoms with Crippen LogP contribution < -0.4 is 5.73 Å². The Morgan fingerprint density at radius 3 is 2.71 bits per heavy atom. The third-order valence-corrected chi connectivity index (χ3v) is 0.746. The van der Waals surface area contributed by atoms with Gasteiger partial charge in [-0.2, -0.15) is 0 Å². The van der Waals surface area contributed by atoms with Crippen LogP contribution in [0.1, 0.15) is 0 Å². The van der Waals surface area contributed by atoms with E-state index in [0.717, 1.165) is 0 Å². The van der Waals surface area contributed by atoms with E-state index in [0.29, 0.717) is 5.95 Å². The summed E-state index contributed by atoms with van der Waals surface area (Å²) in [6.45, 7) is 0. The third-order valence-electron chi connectivity index (χ3n) is 0.746. The van der Waals surface area contributed by atoms with Crippen LogP contribution in [0.5, 0.6) is 0 Å². The van der Waals surface area contributed by atoms with E-state index >= 15 is 0 Å². The van der Waals surface area contributed by atoms with E-state index in [1.165, 1.54) is 0 Å². The van der Waals surface area contributed by atoms with Crippen molar-refractivity contribution in [3.63, 3.8) is 0 Å². The Kier molecular flexibility index (Phi) is 0.714.